The van der Waals surface area contributed by atoms with Crippen LogP contribution in [-0.4, -0.2) is 9.78 Å². The average molecular weight is 224 g/mol. The Bertz CT molecular complexity index is 488. The van der Waals surface area contributed by atoms with Crippen molar-refractivity contribution in [3.05, 3.63) is 28.9 Å². The number of hydrogen-bond donors (Lipinski definition) is 1. The van der Waals surface area contributed by atoms with Crippen molar-refractivity contribution < 1.29 is 0 Å². The van der Waals surface area contributed by atoms with Crippen molar-refractivity contribution in [1.29, 1.82) is 0 Å². The summed E-state index contributed by atoms with van der Waals surface area (Å²) in [6, 6.07) is 6.31. The van der Waals surface area contributed by atoms with E-state index in [4.69, 9.17) is 17.3 Å². The summed E-state index contributed by atoms with van der Waals surface area (Å²) >= 11 is 6.05. The molecule has 2 aromatic rings. The summed E-state index contributed by atoms with van der Waals surface area (Å²) in [4.78, 5) is 0. The first-order valence-electron chi connectivity index (χ1n) is 5.00. The van der Waals surface area contributed by atoms with Crippen LogP contribution in [0.2, 0.25) is 5.15 Å². The zero-order chi connectivity index (χ0) is 11.0. The molecule has 0 aliphatic heterocycles. The zero-order valence-electron chi connectivity index (χ0n) is 8.87. The van der Waals surface area contributed by atoms with Crippen LogP contribution in [0.1, 0.15) is 25.5 Å². The lowest BCUT2D eigenvalue weighted by molar-refractivity contribution is 0.551. The number of benzene rings is 1. The summed E-state index contributed by atoms with van der Waals surface area (Å²) in [5.74, 6) is 0. The first kappa shape index (κ1) is 10.5. The molecular formula is C11H14ClN3. The molecule has 2 N–H and O–H groups in total. The predicted octanol–water partition coefficient (Wildman–Crippen LogP) is 2.73. The summed E-state index contributed by atoms with van der Waals surface area (Å²) in [6.07, 6.45) is 0. The molecule has 0 radical (unpaired) electrons. The van der Waals surface area contributed by atoms with Gasteiger partial charge >= 0.3 is 0 Å². The molecule has 0 aliphatic rings. The monoisotopic (exact) mass is 223 g/mol. The maximum absolute atomic E-state index is 6.05. The second-order valence-corrected chi connectivity index (χ2v) is 4.24. The molecule has 1 heterocycles. The normalized spacial score (nSPS) is 11.5. The van der Waals surface area contributed by atoms with Gasteiger partial charge in [-0.2, -0.15) is 5.10 Å². The van der Waals surface area contributed by atoms with Gasteiger partial charge in [0.1, 0.15) is 0 Å². The molecule has 80 valence electrons. The Hall–Kier alpha value is -1.06. The molecule has 0 spiro atoms. The minimum Gasteiger partial charge on any atom is -0.326 e. The summed E-state index contributed by atoms with van der Waals surface area (Å²) < 4.78 is 1.93. The second kappa shape index (κ2) is 3.83. The number of fused-ring (bicyclic) bond motifs is 1. The predicted molar refractivity (Wildman–Crippen MR) is 63.0 cm³/mol. The van der Waals surface area contributed by atoms with Crippen LogP contribution in [0, 0.1) is 0 Å². The van der Waals surface area contributed by atoms with Gasteiger partial charge in [-0.15, -0.1) is 0 Å². The Labute approximate surface area is 93.8 Å². The van der Waals surface area contributed by atoms with Gasteiger partial charge in [0, 0.05) is 18.0 Å². The van der Waals surface area contributed by atoms with Crippen LogP contribution in [0.4, 0.5) is 0 Å². The van der Waals surface area contributed by atoms with Crippen LogP contribution in [0.15, 0.2) is 18.2 Å². The number of nitrogens with two attached hydrogens (primary N) is 1. The maximum Gasteiger partial charge on any atom is 0.158 e. The summed E-state index contributed by atoms with van der Waals surface area (Å²) in [6.45, 7) is 4.70. The summed E-state index contributed by atoms with van der Waals surface area (Å²) in [7, 11) is 0. The standard InChI is InChI=1S/C11H14ClN3/c1-7(2)15-10-5-8(6-13)3-4-9(10)11(12)14-15/h3-5,7H,6,13H2,1-2H3. The number of rotatable bonds is 2. The first-order valence-corrected chi connectivity index (χ1v) is 5.38. The molecule has 1 aromatic heterocycles. The third-order valence-corrected chi connectivity index (χ3v) is 2.73. The van der Waals surface area contributed by atoms with Gasteiger partial charge in [-0.25, -0.2) is 0 Å². The highest BCUT2D eigenvalue weighted by atomic mass is 35.5. The lowest BCUT2D eigenvalue weighted by atomic mass is 10.1. The first-order chi connectivity index (χ1) is 7.13. The third kappa shape index (κ3) is 1.73. The fourth-order valence-corrected chi connectivity index (χ4v) is 1.91. The van der Waals surface area contributed by atoms with Gasteiger partial charge in [-0.1, -0.05) is 17.7 Å². The van der Waals surface area contributed by atoms with E-state index < -0.39 is 0 Å². The number of halogens is 1. The molecular weight excluding hydrogens is 210 g/mol. The van der Waals surface area contributed by atoms with Crippen LogP contribution in [0.5, 0.6) is 0 Å². The van der Waals surface area contributed by atoms with Gasteiger partial charge in [0.05, 0.1) is 5.52 Å². The van der Waals surface area contributed by atoms with E-state index in [0.717, 1.165) is 16.5 Å². The van der Waals surface area contributed by atoms with E-state index in [1.807, 2.05) is 22.9 Å². The molecule has 0 aliphatic carbocycles. The van der Waals surface area contributed by atoms with Gasteiger partial charge in [0.25, 0.3) is 0 Å². The molecule has 15 heavy (non-hydrogen) atoms. The SMILES string of the molecule is CC(C)n1nc(Cl)c2ccc(CN)cc21. The minimum atomic E-state index is 0.299. The highest BCUT2D eigenvalue weighted by molar-refractivity contribution is 6.34. The molecule has 1 aromatic carbocycles. The Balaban J connectivity index is 2.71. The minimum absolute atomic E-state index is 0.299. The topological polar surface area (TPSA) is 43.8 Å². The van der Waals surface area contributed by atoms with Crippen LogP contribution >= 0.6 is 11.6 Å². The molecule has 4 heteroatoms. The quantitative estimate of drug-likeness (QED) is 0.851. The molecule has 0 unspecified atom stereocenters. The van der Waals surface area contributed by atoms with E-state index in [9.17, 15) is 0 Å². The number of hydrogen-bond acceptors (Lipinski definition) is 2. The van der Waals surface area contributed by atoms with E-state index in [1.165, 1.54) is 0 Å². The van der Waals surface area contributed by atoms with Crippen molar-refractivity contribution in [2.45, 2.75) is 26.4 Å². The van der Waals surface area contributed by atoms with E-state index in [0.29, 0.717) is 17.7 Å². The van der Waals surface area contributed by atoms with E-state index in [2.05, 4.69) is 18.9 Å². The smallest absolute Gasteiger partial charge is 0.158 e. The maximum atomic E-state index is 6.05. The Morgan fingerprint density at radius 3 is 2.80 bits per heavy atom. The fourth-order valence-electron chi connectivity index (χ4n) is 1.66. The Morgan fingerprint density at radius 1 is 1.47 bits per heavy atom. The molecule has 0 bridgehead atoms. The van der Waals surface area contributed by atoms with Gasteiger partial charge in [-0.3, -0.25) is 4.68 Å². The molecule has 0 atom stereocenters. The summed E-state index contributed by atoms with van der Waals surface area (Å²) in [5, 5.41) is 5.85. The van der Waals surface area contributed by atoms with Crippen molar-refractivity contribution in [2.75, 3.05) is 0 Å². The Morgan fingerprint density at radius 2 is 2.20 bits per heavy atom. The largest absolute Gasteiger partial charge is 0.326 e. The third-order valence-electron chi connectivity index (χ3n) is 2.45. The Kier molecular flexibility index (Phi) is 2.67. The molecule has 2 rings (SSSR count). The average Bonchev–Trinajstić information content (AvgIpc) is 2.56. The van der Waals surface area contributed by atoms with Crippen molar-refractivity contribution in [3.8, 4) is 0 Å². The van der Waals surface area contributed by atoms with Crippen molar-refractivity contribution in [3.63, 3.8) is 0 Å². The van der Waals surface area contributed by atoms with Crippen molar-refractivity contribution >= 4 is 22.5 Å². The van der Waals surface area contributed by atoms with Crippen molar-refractivity contribution in [2.24, 2.45) is 5.73 Å². The summed E-state index contributed by atoms with van der Waals surface area (Å²) in [5.41, 5.74) is 7.76. The highest BCUT2D eigenvalue weighted by Gasteiger charge is 2.10. The molecule has 3 nitrogen and oxygen atoms in total. The second-order valence-electron chi connectivity index (χ2n) is 3.88. The van der Waals surface area contributed by atoms with E-state index in [-0.39, 0.29) is 0 Å². The van der Waals surface area contributed by atoms with Gasteiger partial charge < -0.3 is 5.73 Å². The van der Waals surface area contributed by atoms with Gasteiger partial charge in [-0.05, 0) is 31.5 Å². The van der Waals surface area contributed by atoms with Crippen LogP contribution in [-0.2, 0) is 6.54 Å². The highest BCUT2D eigenvalue weighted by Crippen LogP contribution is 2.26. The molecule has 0 fully saturated rings. The van der Waals surface area contributed by atoms with Crippen molar-refractivity contribution in [1.82, 2.24) is 9.78 Å². The van der Waals surface area contributed by atoms with Crippen LogP contribution in [0.25, 0.3) is 10.9 Å². The van der Waals surface area contributed by atoms with Crippen LogP contribution in [0.3, 0.4) is 0 Å². The number of nitrogens with zero attached hydrogens (tertiary/aromatic N) is 2. The number of aromatic nitrogens is 2. The lowest BCUT2D eigenvalue weighted by Gasteiger charge is -2.07. The van der Waals surface area contributed by atoms with Crippen LogP contribution < -0.4 is 5.73 Å². The molecule has 0 saturated carbocycles. The molecule has 0 saturated heterocycles. The lowest BCUT2D eigenvalue weighted by Crippen LogP contribution is -2.03. The van der Waals surface area contributed by atoms with E-state index >= 15 is 0 Å². The van der Waals surface area contributed by atoms with Gasteiger partial charge in [0.2, 0.25) is 0 Å². The zero-order valence-corrected chi connectivity index (χ0v) is 9.62. The van der Waals surface area contributed by atoms with E-state index in [1.54, 1.807) is 0 Å². The van der Waals surface area contributed by atoms with Gasteiger partial charge in [0.15, 0.2) is 5.15 Å². The molecule has 0 amide bonds. The fraction of sp³-hybridized carbons (Fsp3) is 0.364.